The first-order chi connectivity index (χ1) is 14.6. The van der Waals surface area contributed by atoms with Gasteiger partial charge in [0.25, 0.3) is 0 Å². The van der Waals surface area contributed by atoms with Gasteiger partial charge in [0.15, 0.2) is 0 Å². The van der Waals surface area contributed by atoms with Crippen LogP contribution in [0.2, 0.25) is 0 Å². The number of benzene rings is 2. The summed E-state index contributed by atoms with van der Waals surface area (Å²) in [6.45, 7) is 0.00845. The third-order valence-corrected chi connectivity index (χ3v) is 4.83. The molecule has 30 heavy (non-hydrogen) atoms. The summed E-state index contributed by atoms with van der Waals surface area (Å²) in [5, 5.41) is 7.55. The van der Waals surface area contributed by atoms with Crippen molar-refractivity contribution in [3.05, 3.63) is 84.1 Å². The Labute approximate surface area is 173 Å². The molecule has 1 N–H and O–H groups in total. The number of hydrogen-bond donors (Lipinski definition) is 1. The molecule has 0 radical (unpaired) electrons. The van der Waals surface area contributed by atoms with Crippen LogP contribution in [0.15, 0.2) is 66.9 Å². The Morgan fingerprint density at radius 2 is 1.77 bits per heavy atom. The van der Waals surface area contributed by atoms with Crippen LogP contribution in [0.5, 0.6) is 5.75 Å². The van der Waals surface area contributed by atoms with Crippen molar-refractivity contribution in [3.63, 3.8) is 0 Å². The summed E-state index contributed by atoms with van der Waals surface area (Å²) in [6.07, 6.45) is 1.70. The molecular formula is C23H20F2N4O. The zero-order valence-corrected chi connectivity index (χ0v) is 16.6. The van der Waals surface area contributed by atoms with E-state index >= 15 is 0 Å². The molecule has 0 aliphatic rings. The number of hydrogen-bond acceptors (Lipinski definition) is 4. The number of para-hydroxylation sites is 1. The van der Waals surface area contributed by atoms with E-state index in [1.165, 1.54) is 18.2 Å². The van der Waals surface area contributed by atoms with E-state index in [2.05, 4.69) is 15.4 Å². The monoisotopic (exact) mass is 406 g/mol. The maximum atomic E-state index is 13.8. The average molecular weight is 406 g/mol. The number of aromatic nitrogens is 3. The van der Waals surface area contributed by atoms with Crippen LogP contribution in [0.25, 0.3) is 22.5 Å². The lowest BCUT2D eigenvalue weighted by Gasteiger charge is -2.08. The summed E-state index contributed by atoms with van der Waals surface area (Å²) in [5.74, 6) is 0.101. The average Bonchev–Trinajstić information content (AvgIpc) is 3.15. The van der Waals surface area contributed by atoms with Crippen molar-refractivity contribution in [1.82, 2.24) is 14.8 Å². The standard InChI is InChI=1S/C23H20F2N4O/c1-29-21(12-20(28-29)16-6-3-4-9-22(16)30-2)15-10-11-23(26-13-15)27-14-17-18(24)7-5-8-19(17)25/h3-13H,14H2,1-2H3,(H,26,27). The first kappa shape index (κ1) is 19.6. The highest BCUT2D eigenvalue weighted by Gasteiger charge is 2.13. The number of ether oxygens (including phenoxy) is 1. The molecule has 2 heterocycles. The van der Waals surface area contributed by atoms with Crippen LogP contribution in [0, 0.1) is 11.6 Å². The molecule has 0 unspecified atom stereocenters. The second kappa shape index (κ2) is 8.32. The summed E-state index contributed by atoms with van der Waals surface area (Å²) in [4.78, 5) is 4.36. The highest BCUT2D eigenvalue weighted by molar-refractivity contribution is 5.72. The number of pyridine rings is 1. The van der Waals surface area contributed by atoms with E-state index in [1.807, 2.05) is 43.4 Å². The molecule has 0 aliphatic heterocycles. The number of rotatable bonds is 6. The maximum absolute atomic E-state index is 13.8. The zero-order chi connectivity index (χ0) is 21.1. The van der Waals surface area contributed by atoms with Gasteiger partial charge >= 0.3 is 0 Å². The van der Waals surface area contributed by atoms with Gasteiger partial charge in [-0.25, -0.2) is 13.8 Å². The molecule has 0 atom stereocenters. The molecule has 2 aromatic heterocycles. The summed E-state index contributed by atoms with van der Waals surface area (Å²) < 4.78 is 34.7. The largest absolute Gasteiger partial charge is 0.496 e. The third kappa shape index (κ3) is 3.87. The van der Waals surface area contributed by atoms with Crippen LogP contribution in [0.1, 0.15) is 5.56 Å². The minimum absolute atomic E-state index is 0.00845. The number of anilines is 1. The molecule has 152 valence electrons. The molecule has 2 aromatic carbocycles. The number of halogens is 2. The van der Waals surface area contributed by atoms with Gasteiger partial charge in [0, 0.05) is 36.5 Å². The van der Waals surface area contributed by atoms with Crippen LogP contribution in [-0.4, -0.2) is 21.9 Å². The van der Waals surface area contributed by atoms with Gasteiger partial charge < -0.3 is 10.1 Å². The Kier molecular flexibility index (Phi) is 5.43. The summed E-state index contributed by atoms with van der Waals surface area (Å²) in [5.41, 5.74) is 3.43. The normalized spacial score (nSPS) is 10.8. The molecule has 7 heteroatoms. The van der Waals surface area contributed by atoms with E-state index in [-0.39, 0.29) is 12.1 Å². The second-order valence-corrected chi connectivity index (χ2v) is 6.72. The van der Waals surface area contributed by atoms with Gasteiger partial charge in [0.1, 0.15) is 23.2 Å². The lowest BCUT2D eigenvalue weighted by Crippen LogP contribution is -2.05. The molecule has 0 saturated carbocycles. The zero-order valence-electron chi connectivity index (χ0n) is 16.6. The fraction of sp³-hybridized carbons (Fsp3) is 0.130. The first-order valence-electron chi connectivity index (χ1n) is 9.37. The van der Waals surface area contributed by atoms with E-state index in [9.17, 15) is 8.78 Å². The lowest BCUT2D eigenvalue weighted by atomic mass is 10.1. The van der Waals surface area contributed by atoms with Gasteiger partial charge in [0.05, 0.1) is 18.5 Å². The van der Waals surface area contributed by atoms with Gasteiger partial charge in [-0.05, 0) is 42.5 Å². The maximum Gasteiger partial charge on any atom is 0.131 e. The fourth-order valence-corrected chi connectivity index (χ4v) is 3.26. The summed E-state index contributed by atoms with van der Waals surface area (Å²) >= 11 is 0. The highest BCUT2D eigenvalue weighted by atomic mass is 19.1. The van der Waals surface area contributed by atoms with E-state index in [1.54, 1.807) is 24.1 Å². The van der Waals surface area contributed by atoms with Crippen molar-refractivity contribution in [1.29, 1.82) is 0 Å². The number of methoxy groups -OCH3 is 1. The topological polar surface area (TPSA) is 52.0 Å². The van der Waals surface area contributed by atoms with E-state index in [0.29, 0.717) is 5.82 Å². The number of nitrogens with zero attached hydrogens (tertiary/aromatic N) is 3. The van der Waals surface area contributed by atoms with Crippen molar-refractivity contribution in [2.75, 3.05) is 12.4 Å². The van der Waals surface area contributed by atoms with Crippen molar-refractivity contribution in [2.45, 2.75) is 6.54 Å². The van der Waals surface area contributed by atoms with Crippen molar-refractivity contribution in [2.24, 2.45) is 7.05 Å². The Hall–Kier alpha value is -3.74. The molecule has 4 aromatic rings. The Balaban J connectivity index is 1.54. The van der Waals surface area contributed by atoms with E-state index in [4.69, 9.17) is 4.74 Å². The fourth-order valence-electron chi connectivity index (χ4n) is 3.26. The predicted molar refractivity (Wildman–Crippen MR) is 112 cm³/mol. The molecular weight excluding hydrogens is 386 g/mol. The lowest BCUT2D eigenvalue weighted by molar-refractivity contribution is 0.416. The highest BCUT2D eigenvalue weighted by Crippen LogP contribution is 2.31. The molecule has 5 nitrogen and oxygen atoms in total. The molecule has 0 aliphatic carbocycles. The van der Waals surface area contributed by atoms with Crippen LogP contribution in [-0.2, 0) is 13.6 Å². The molecule has 0 bridgehead atoms. The van der Waals surface area contributed by atoms with Gasteiger partial charge in [-0.15, -0.1) is 0 Å². The minimum Gasteiger partial charge on any atom is -0.496 e. The summed E-state index contributed by atoms with van der Waals surface area (Å²) in [7, 11) is 3.49. The number of nitrogens with one attached hydrogen (secondary N) is 1. The third-order valence-electron chi connectivity index (χ3n) is 4.83. The molecule has 0 spiro atoms. The Morgan fingerprint density at radius 1 is 1.00 bits per heavy atom. The Bertz CT molecular complexity index is 1150. The Morgan fingerprint density at radius 3 is 2.47 bits per heavy atom. The number of aryl methyl sites for hydroxylation is 1. The van der Waals surface area contributed by atoms with Crippen LogP contribution in [0.4, 0.5) is 14.6 Å². The van der Waals surface area contributed by atoms with Gasteiger partial charge in [0.2, 0.25) is 0 Å². The van der Waals surface area contributed by atoms with Gasteiger partial charge in [-0.2, -0.15) is 5.10 Å². The van der Waals surface area contributed by atoms with Gasteiger partial charge in [-0.3, -0.25) is 4.68 Å². The van der Waals surface area contributed by atoms with Gasteiger partial charge in [-0.1, -0.05) is 18.2 Å². The predicted octanol–water partition coefficient (Wildman–Crippen LogP) is 5.05. The smallest absolute Gasteiger partial charge is 0.131 e. The second-order valence-electron chi connectivity index (χ2n) is 6.72. The van der Waals surface area contributed by atoms with Crippen molar-refractivity contribution in [3.8, 4) is 28.3 Å². The van der Waals surface area contributed by atoms with Crippen molar-refractivity contribution < 1.29 is 13.5 Å². The van der Waals surface area contributed by atoms with Crippen LogP contribution >= 0.6 is 0 Å². The molecule has 0 fully saturated rings. The van der Waals surface area contributed by atoms with Crippen LogP contribution in [0.3, 0.4) is 0 Å². The quantitative estimate of drug-likeness (QED) is 0.487. The summed E-state index contributed by atoms with van der Waals surface area (Å²) in [6, 6.07) is 17.1. The van der Waals surface area contributed by atoms with Crippen LogP contribution < -0.4 is 10.1 Å². The minimum atomic E-state index is -0.585. The molecule has 4 rings (SSSR count). The van der Waals surface area contributed by atoms with E-state index in [0.717, 1.165) is 28.3 Å². The SMILES string of the molecule is COc1ccccc1-c1cc(-c2ccc(NCc3c(F)cccc3F)nc2)n(C)n1. The first-order valence-corrected chi connectivity index (χ1v) is 9.37. The molecule has 0 amide bonds. The van der Waals surface area contributed by atoms with E-state index < -0.39 is 11.6 Å². The molecule has 0 saturated heterocycles. The van der Waals surface area contributed by atoms with Crippen molar-refractivity contribution >= 4 is 5.82 Å².